The molecule has 0 spiro atoms. The van der Waals surface area contributed by atoms with E-state index < -0.39 is 11.9 Å². The van der Waals surface area contributed by atoms with Crippen LogP contribution in [-0.2, 0) is 9.59 Å². The van der Waals surface area contributed by atoms with Gasteiger partial charge in [-0.2, -0.15) is 0 Å². The molecule has 0 aliphatic heterocycles. The number of carbonyl (C=O) groups is 2. The number of hydrogen-bond donors (Lipinski definition) is 2. The number of amides is 1. The van der Waals surface area contributed by atoms with Gasteiger partial charge < -0.3 is 10.4 Å². The highest BCUT2D eigenvalue weighted by molar-refractivity contribution is 6.31. The molecule has 0 aromatic heterocycles. The molecule has 0 saturated carbocycles. The van der Waals surface area contributed by atoms with Crippen molar-refractivity contribution in [1.82, 2.24) is 5.32 Å². The van der Waals surface area contributed by atoms with Crippen LogP contribution in [0.25, 0.3) is 0 Å². The lowest BCUT2D eigenvalue weighted by molar-refractivity contribution is -0.150. The SMILES string of the molecule is CC(C)[C@H](C)NC(=O)C(=O)O. The van der Waals surface area contributed by atoms with E-state index in [-0.39, 0.29) is 12.0 Å². The molecule has 0 unspecified atom stereocenters. The van der Waals surface area contributed by atoms with E-state index in [0.717, 1.165) is 0 Å². The van der Waals surface area contributed by atoms with Crippen molar-refractivity contribution in [2.24, 2.45) is 5.92 Å². The highest BCUT2D eigenvalue weighted by Crippen LogP contribution is 1.98. The van der Waals surface area contributed by atoms with Crippen LogP contribution in [0, 0.1) is 5.92 Å². The van der Waals surface area contributed by atoms with Gasteiger partial charge in [-0.25, -0.2) is 4.79 Å². The minimum atomic E-state index is -1.43. The summed E-state index contributed by atoms with van der Waals surface area (Å²) in [6, 6.07) is -0.0985. The van der Waals surface area contributed by atoms with Gasteiger partial charge in [-0.05, 0) is 12.8 Å². The van der Waals surface area contributed by atoms with Crippen LogP contribution in [0.2, 0.25) is 0 Å². The van der Waals surface area contributed by atoms with Gasteiger partial charge in [-0.15, -0.1) is 0 Å². The van der Waals surface area contributed by atoms with E-state index >= 15 is 0 Å². The summed E-state index contributed by atoms with van der Waals surface area (Å²) < 4.78 is 0. The van der Waals surface area contributed by atoms with Crippen LogP contribution in [0.15, 0.2) is 0 Å². The maximum atomic E-state index is 10.5. The summed E-state index contributed by atoms with van der Waals surface area (Å²) in [4.78, 5) is 20.6. The van der Waals surface area contributed by atoms with Crippen LogP contribution in [0.3, 0.4) is 0 Å². The lowest BCUT2D eigenvalue weighted by Gasteiger charge is -2.15. The van der Waals surface area contributed by atoms with Gasteiger partial charge in [0.25, 0.3) is 0 Å². The summed E-state index contributed by atoms with van der Waals surface area (Å²) in [5.74, 6) is -2.12. The molecule has 4 heteroatoms. The van der Waals surface area contributed by atoms with Gasteiger partial charge in [0.15, 0.2) is 0 Å². The fourth-order valence-corrected chi connectivity index (χ4v) is 0.435. The third-order valence-electron chi connectivity index (χ3n) is 1.55. The van der Waals surface area contributed by atoms with Crippen molar-refractivity contribution in [3.05, 3.63) is 0 Å². The van der Waals surface area contributed by atoms with Gasteiger partial charge in [0.2, 0.25) is 0 Å². The molecule has 0 aromatic carbocycles. The number of carboxylic acid groups (broad SMARTS) is 1. The average molecular weight is 159 g/mol. The van der Waals surface area contributed by atoms with Crippen molar-refractivity contribution < 1.29 is 14.7 Å². The molecule has 1 atom stereocenters. The van der Waals surface area contributed by atoms with E-state index in [2.05, 4.69) is 5.32 Å². The third-order valence-corrected chi connectivity index (χ3v) is 1.55. The van der Waals surface area contributed by atoms with Crippen molar-refractivity contribution >= 4 is 11.9 Å². The second kappa shape index (κ2) is 3.95. The Morgan fingerprint density at radius 1 is 1.27 bits per heavy atom. The molecule has 0 radical (unpaired) electrons. The van der Waals surface area contributed by atoms with Gasteiger partial charge in [-0.3, -0.25) is 4.79 Å². The van der Waals surface area contributed by atoms with E-state index in [1.165, 1.54) is 0 Å². The van der Waals surface area contributed by atoms with Crippen LogP contribution in [0.4, 0.5) is 0 Å². The molecular weight excluding hydrogens is 146 g/mol. The smallest absolute Gasteiger partial charge is 0.394 e. The Morgan fingerprint density at radius 2 is 1.73 bits per heavy atom. The molecule has 0 fully saturated rings. The topological polar surface area (TPSA) is 66.4 Å². The van der Waals surface area contributed by atoms with Gasteiger partial charge >= 0.3 is 11.9 Å². The molecule has 0 aromatic rings. The van der Waals surface area contributed by atoms with Crippen LogP contribution >= 0.6 is 0 Å². The van der Waals surface area contributed by atoms with Crippen molar-refractivity contribution in [3.63, 3.8) is 0 Å². The first kappa shape index (κ1) is 9.94. The molecule has 0 aliphatic carbocycles. The molecule has 0 heterocycles. The third kappa shape index (κ3) is 3.60. The van der Waals surface area contributed by atoms with E-state index in [1.54, 1.807) is 6.92 Å². The fraction of sp³-hybridized carbons (Fsp3) is 0.714. The monoisotopic (exact) mass is 159 g/mol. The Balaban J connectivity index is 3.85. The summed E-state index contributed by atoms with van der Waals surface area (Å²) in [6.45, 7) is 5.59. The Bertz CT molecular complexity index is 165. The van der Waals surface area contributed by atoms with E-state index in [1.807, 2.05) is 13.8 Å². The van der Waals surface area contributed by atoms with E-state index in [9.17, 15) is 9.59 Å². The highest BCUT2D eigenvalue weighted by Gasteiger charge is 2.15. The first-order chi connectivity index (χ1) is 4.95. The zero-order chi connectivity index (χ0) is 9.02. The predicted octanol–water partition coefficient (Wildman–Crippen LogP) is 0.232. The first-order valence-electron chi connectivity index (χ1n) is 3.49. The van der Waals surface area contributed by atoms with Crippen LogP contribution < -0.4 is 5.32 Å². The summed E-state index contributed by atoms with van der Waals surface area (Å²) in [5.41, 5.74) is 0. The van der Waals surface area contributed by atoms with E-state index in [4.69, 9.17) is 5.11 Å². The fourth-order valence-electron chi connectivity index (χ4n) is 0.435. The number of aliphatic carboxylic acids is 1. The standard InChI is InChI=1S/C7H13NO3/c1-4(2)5(3)8-6(9)7(10)11/h4-5H,1-3H3,(H,8,9)(H,10,11)/t5-/m0/s1. The van der Waals surface area contributed by atoms with Crippen LogP contribution in [0.5, 0.6) is 0 Å². The number of carbonyl (C=O) groups excluding carboxylic acids is 1. The molecular formula is C7H13NO3. The second-order valence-corrected chi connectivity index (χ2v) is 2.81. The lowest BCUT2D eigenvalue weighted by Crippen LogP contribution is -2.40. The second-order valence-electron chi connectivity index (χ2n) is 2.81. The highest BCUT2D eigenvalue weighted by atomic mass is 16.4. The molecule has 64 valence electrons. The predicted molar refractivity (Wildman–Crippen MR) is 40.1 cm³/mol. The number of hydrogen-bond acceptors (Lipinski definition) is 2. The van der Waals surface area contributed by atoms with Gasteiger partial charge in [0.05, 0.1) is 0 Å². The summed E-state index contributed by atoms with van der Waals surface area (Å²) in [6.07, 6.45) is 0. The summed E-state index contributed by atoms with van der Waals surface area (Å²) in [5, 5.41) is 10.5. The van der Waals surface area contributed by atoms with Crippen molar-refractivity contribution in [3.8, 4) is 0 Å². The lowest BCUT2D eigenvalue weighted by atomic mass is 10.1. The Hall–Kier alpha value is -1.06. The largest absolute Gasteiger partial charge is 0.474 e. The molecule has 2 N–H and O–H groups in total. The number of rotatable bonds is 2. The summed E-state index contributed by atoms with van der Waals surface area (Å²) in [7, 11) is 0. The van der Waals surface area contributed by atoms with E-state index in [0.29, 0.717) is 0 Å². The molecule has 4 nitrogen and oxygen atoms in total. The van der Waals surface area contributed by atoms with Crippen LogP contribution in [-0.4, -0.2) is 23.0 Å². The molecule has 11 heavy (non-hydrogen) atoms. The zero-order valence-electron chi connectivity index (χ0n) is 6.92. The van der Waals surface area contributed by atoms with Crippen molar-refractivity contribution in [1.29, 1.82) is 0 Å². The molecule has 0 bridgehead atoms. The average Bonchev–Trinajstić information content (AvgIpc) is 1.87. The van der Waals surface area contributed by atoms with Gasteiger partial charge in [-0.1, -0.05) is 13.8 Å². The molecule has 0 aliphatic rings. The van der Waals surface area contributed by atoms with Gasteiger partial charge in [0.1, 0.15) is 0 Å². The van der Waals surface area contributed by atoms with Crippen molar-refractivity contribution in [2.75, 3.05) is 0 Å². The normalized spacial score (nSPS) is 12.7. The Labute approximate surface area is 65.6 Å². The quantitative estimate of drug-likeness (QED) is 0.567. The molecule has 1 amide bonds. The minimum absolute atomic E-state index is 0.0985. The number of carboxylic acids is 1. The minimum Gasteiger partial charge on any atom is -0.474 e. The molecule has 0 rings (SSSR count). The Kier molecular flexibility index (Phi) is 3.57. The van der Waals surface area contributed by atoms with Crippen molar-refractivity contribution in [2.45, 2.75) is 26.8 Å². The first-order valence-corrected chi connectivity index (χ1v) is 3.49. The maximum absolute atomic E-state index is 10.5. The zero-order valence-corrected chi connectivity index (χ0v) is 6.92. The maximum Gasteiger partial charge on any atom is 0.394 e. The van der Waals surface area contributed by atoms with Crippen LogP contribution in [0.1, 0.15) is 20.8 Å². The molecule has 0 saturated heterocycles. The summed E-state index contributed by atoms with van der Waals surface area (Å²) >= 11 is 0. The number of nitrogens with one attached hydrogen (secondary N) is 1. The Morgan fingerprint density at radius 3 is 2.00 bits per heavy atom. The van der Waals surface area contributed by atoms with Gasteiger partial charge in [0, 0.05) is 6.04 Å².